The Morgan fingerprint density at radius 3 is 2.73 bits per heavy atom. The number of rotatable bonds is 8. The van der Waals surface area contributed by atoms with Gasteiger partial charge in [0.15, 0.2) is 5.96 Å². The minimum atomic E-state index is -0.184. The maximum absolute atomic E-state index is 11.6. The summed E-state index contributed by atoms with van der Waals surface area (Å²) in [5, 5.41) is 3.46. The third-order valence-electron chi connectivity index (χ3n) is 5.93. The number of hydrogen-bond acceptors (Lipinski definition) is 4. The molecule has 1 aliphatic rings. The molecule has 0 aromatic heterocycles. The minimum Gasteiger partial charge on any atom is -0.496 e. The molecule has 1 fully saturated rings. The molecule has 0 radical (unpaired) electrons. The lowest BCUT2D eigenvalue weighted by molar-refractivity contribution is -0.123. The fraction of sp³-hybridized carbons (Fsp3) is 0.440. The van der Waals surface area contributed by atoms with Crippen LogP contribution >= 0.6 is 24.0 Å². The van der Waals surface area contributed by atoms with Gasteiger partial charge in [0.25, 0.3) is 0 Å². The first-order valence-corrected chi connectivity index (χ1v) is 11.1. The number of piperidine rings is 1. The number of halogens is 1. The quantitative estimate of drug-likeness (QED) is 0.292. The van der Waals surface area contributed by atoms with E-state index in [-0.39, 0.29) is 35.8 Å². The topological polar surface area (TPSA) is 83.2 Å². The Morgan fingerprint density at radius 2 is 2.00 bits per heavy atom. The fourth-order valence-electron chi connectivity index (χ4n) is 4.26. The number of nitrogens with one attached hydrogen (secondary N) is 1. The van der Waals surface area contributed by atoms with Crippen LogP contribution in [0.3, 0.4) is 0 Å². The zero-order chi connectivity index (χ0) is 22.9. The molecular formula is C25H36IN5O2. The normalized spacial score (nSPS) is 16.6. The zero-order valence-electron chi connectivity index (χ0n) is 19.8. The SMILES string of the molecule is CN=C(NCc1cccc(CN2CCCC(C(N)=O)C2)c1)N(C)Cc1ccccc1OC.I. The number of amides is 1. The molecule has 1 heterocycles. The average molecular weight is 566 g/mol. The molecule has 7 nitrogen and oxygen atoms in total. The predicted octanol–water partition coefficient (Wildman–Crippen LogP) is 3.22. The molecule has 3 N–H and O–H groups in total. The molecule has 3 rings (SSSR count). The van der Waals surface area contributed by atoms with Crippen LogP contribution in [0.5, 0.6) is 5.75 Å². The van der Waals surface area contributed by atoms with Crippen LogP contribution in [-0.2, 0) is 24.4 Å². The van der Waals surface area contributed by atoms with Crippen molar-refractivity contribution in [2.75, 3.05) is 34.3 Å². The van der Waals surface area contributed by atoms with Crippen molar-refractivity contribution in [2.45, 2.75) is 32.5 Å². The summed E-state index contributed by atoms with van der Waals surface area (Å²) < 4.78 is 5.47. The fourth-order valence-corrected chi connectivity index (χ4v) is 4.26. The number of para-hydroxylation sites is 1. The highest BCUT2D eigenvalue weighted by atomic mass is 127. The molecule has 1 amide bonds. The van der Waals surface area contributed by atoms with Crippen molar-refractivity contribution >= 4 is 35.8 Å². The first-order valence-electron chi connectivity index (χ1n) is 11.1. The standard InChI is InChI=1S/C25H35N5O2.HI/c1-27-25(29(2)17-21-10-4-5-12-23(21)32-3)28-15-19-8-6-9-20(14-19)16-30-13-7-11-22(18-30)24(26)31;/h4-6,8-10,12,14,22H,7,11,13,15-18H2,1-3H3,(H2,26,31)(H,27,28);1H. The number of methoxy groups -OCH3 is 1. The van der Waals surface area contributed by atoms with E-state index in [2.05, 4.69) is 50.4 Å². The Balaban J connectivity index is 0.00000385. The van der Waals surface area contributed by atoms with Gasteiger partial charge in [0.05, 0.1) is 13.0 Å². The number of guanidine groups is 1. The number of nitrogens with zero attached hydrogens (tertiary/aromatic N) is 3. The number of ether oxygens (including phenoxy) is 1. The van der Waals surface area contributed by atoms with Crippen molar-refractivity contribution in [2.24, 2.45) is 16.6 Å². The number of nitrogens with two attached hydrogens (primary N) is 1. The van der Waals surface area contributed by atoms with E-state index in [9.17, 15) is 4.79 Å². The van der Waals surface area contributed by atoms with Crippen LogP contribution in [0.4, 0.5) is 0 Å². The second-order valence-electron chi connectivity index (χ2n) is 8.37. The lowest BCUT2D eigenvalue weighted by Gasteiger charge is -2.31. The lowest BCUT2D eigenvalue weighted by atomic mass is 9.97. The number of carbonyl (C=O) groups excluding carboxylic acids is 1. The van der Waals surface area contributed by atoms with Gasteiger partial charge in [-0.2, -0.15) is 0 Å². The second-order valence-corrected chi connectivity index (χ2v) is 8.37. The molecule has 2 aromatic rings. The summed E-state index contributed by atoms with van der Waals surface area (Å²) in [7, 11) is 5.50. The van der Waals surface area contributed by atoms with E-state index < -0.39 is 0 Å². The molecule has 0 spiro atoms. The van der Waals surface area contributed by atoms with Crippen LogP contribution < -0.4 is 15.8 Å². The second kappa shape index (κ2) is 13.4. The van der Waals surface area contributed by atoms with Crippen molar-refractivity contribution in [3.8, 4) is 5.75 Å². The number of carbonyl (C=O) groups is 1. The molecule has 180 valence electrons. The van der Waals surface area contributed by atoms with Gasteiger partial charge in [0.2, 0.25) is 5.91 Å². The summed E-state index contributed by atoms with van der Waals surface area (Å²) in [5.41, 5.74) is 9.07. The molecule has 0 bridgehead atoms. The Hall–Kier alpha value is -2.33. The number of benzene rings is 2. The van der Waals surface area contributed by atoms with Crippen LogP contribution in [0.1, 0.15) is 29.5 Å². The van der Waals surface area contributed by atoms with Gasteiger partial charge in [-0.15, -0.1) is 24.0 Å². The monoisotopic (exact) mass is 565 g/mol. The largest absolute Gasteiger partial charge is 0.496 e. The molecule has 8 heteroatoms. The molecule has 1 atom stereocenters. The third-order valence-corrected chi connectivity index (χ3v) is 5.93. The lowest BCUT2D eigenvalue weighted by Crippen LogP contribution is -2.40. The first kappa shape index (κ1) is 26.9. The number of likely N-dealkylation sites (tertiary alicyclic amines) is 1. The van der Waals surface area contributed by atoms with Crippen LogP contribution in [0.2, 0.25) is 0 Å². The number of primary amides is 1. The number of hydrogen-bond donors (Lipinski definition) is 2. The van der Waals surface area contributed by atoms with E-state index in [4.69, 9.17) is 10.5 Å². The Bertz CT molecular complexity index is 937. The van der Waals surface area contributed by atoms with E-state index in [1.54, 1.807) is 14.2 Å². The molecule has 2 aromatic carbocycles. The Kier molecular flexibility index (Phi) is 10.9. The number of aliphatic imine (C=N–C) groups is 1. The van der Waals surface area contributed by atoms with Crippen molar-refractivity contribution in [1.29, 1.82) is 0 Å². The summed E-state index contributed by atoms with van der Waals surface area (Å²) in [4.78, 5) is 20.4. The molecule has 1 aliphatic heterocycles. The summed E-state index contributed by atoms with van der Waals surface area (Å²) in [6, 6.07) is 16.6. The summed E-state index contributed by atoms with van der Waals surface area (Å²) in [5.74, 6) is 1.48. The highest BCUT2D eigenvalue weighted by Gasteiger charge is 2.23. The summed E-state index contributed by atoms with van der Waals surface area (Å²) in [6.45, 7) is 3.96. The van der Waals surface area contributed by atoms with E-state index in [1.807, 2.05) is 25.2 Å². The maximum atomic E-state index is 11.6. The van der Waals surface area contributed by atoms with Gasteiger partial charge in [0.1, 0.15) is 5.75 Å². The van der Waals surface area contributed by atoms with Crippen molar-refractivity contribution in [3.05, 3.63) is 65.2 Å². The van der Waals surface area contributed by atoms with Gasteiger partial charge >= 0.3 is 0 Å². The maximum Gasteiger partial charge on any atom is 0.221 e. The van der Waals surface area contributed by atoms with Gasteiger partial charge < -0.3 is 20.7 Å². The van der Waals surface area contributed by atoms with E-state index in [0.29, 0.717) is 13.1 Å². The highest BCUT2D eigenvalue weighted by molar-refractivity contribution is 14.0. The van der Waals surface area contributed by atoms with Gasteiger partial charge in [0, 0.05) is 45.8 Å². The van der Waals surface area contributed by atoms with Crippen LogP contribution in [0.15, 0.2) is 53.5 Å². The van der Waals surface area contributed by atoms with E-state index >= 15 is 0 Å². The van der Waals surface area contributed by atoms with Crippen molar-refractivity contribution in [1.82, 2.24) is 15.1 Å². The predicted molar refractivity (Wildman–Crippen MR) is 144 cm³/mol. The molecule has 33 heavy (non-hydrogen) atoms. The van der Waals surface area contributed by atoms with Crippen LogP contribution in [0, 0.1) is 5.92 Å². The first-order chi connectivity index (χ1) is 15.5. The van der Waals surface area contributed by atoms with Gasteiger partial charge in [-0.3, -0.25) is 14.7 Å². The smallest absolute Gasteiger partial charge is 0.221 e. The van der Waals surface area contributed by atoms with Crippen molar-refractivity contribution in [3.63, 3.8) is 0 Å². The molecule has 1 unspecified atom stereocenters. The van der Waals surface area contributed by atoms with E-state index in [0.717, 1.165) is 49.7 Å². The van der Waals surface area contributed by atoms with Crippen molar-refractivity contribution < 1.29 is 9.53 Å². The van der Waals surface area contributed by atoms with Gasteiger partial charge in [-0.05, 0) is 36.6 Å². The molecule has 0 saturated carbocycles. The zero-order valence-corrected chi connectivity index (χ0v) is 22.1. The summed E-state index contributed by atoms with van der Waals surface area (Å²) in [6.07, 6.45) is 1.92. The van der Waals surface area contributed by atoms with Gasteiger partial charge in [-0.25, -0.2) is 0 Å². The average Bonchev–Trinajstić information content (AvgIpc) is 2.80. The minimum absolute atomic E-state index is 0. The molecular weight excluding hydrogens is 529 g/mol. The summed E-state index contributed by atoms with van der Waals surface area (Å²) >= 11 is 0. The Morgan fingerprint density at radius 1 is 1.24 bits per heavy atom. The van der Waals surface area contributed by atoms with Gasteiger partial charge in [-0.1, -0.05) is 42.5 Å². The van der Waals surface area contributed by atoms with Crippen LogP contribution in [-0.4, -0.2) is 56.0 Å². The Labute approximate surface area is 214 Å². The molecule has 0 aliphatic carbocycles. The highest BCUT2D eigenvalue weighted by Crippen LogP contribution is 2.20. The molecule has 1 saturated heterocycles. The van der Waals surface area contributed by atoms with E-state index in [1.165, 1.54) is 11.1 Å². The third kappa shape index (κ3) is 7.89. The van der Waals surface area contributed by atoms with Crippen LogP contribution in [0.25, 0.3) is 0 Å².